The van der Waals surface area contributed by atoms with E-state index in [9.17, 15) is 0 Å². The van der Waals surface area contributed by atoms with Gasteiger partial charge in [0, 0.05) is 12.5 Å². The van der Waals surface area contributed by atoms with E-state index in [1.807, 2.05) is 0 Å². The van der Waals surface area contributed by atoms with Crippen LogP contribution < -0.4 is 11.1 Å². The van der Waals surface area contributed by atoms with E-state index < -0.39 is 0 Å². The molecule has 1 aromatic heterocycles. The fraction of sp³-hybridized carbons (Fsp3) is 0.818. The molecular formula is C11H20N4O. The molecule has 1 fully saturated rings. The van der Waals surface area contributed by atoms with Crippen LogP contribution in [0.1, 0.15) is 50.4 Å². The van der Waals surface area contributed by atoms with Gasteiger partial charge < -0.3 is 15.6 Å². The molecule has 0 amide bonds. The molecule has 0 aliphatic carbocycles. The molecule has 2 heterocycles. The minimum atomic E-state index is -0.129. The summed E-state index contributed by atoms with van der Waals surface area (Å²) in [5, 5.41) is 7.31. The van der Waals surface area contributed by atoms with Crippen LogP contribution >= 0.6 is 0 Å². The van der Waals surface area contributed by atoms with Gasteiger partial charge in [-0.15, -0.1) is 0 Å². The van der Waals surface area contributed by atoms with E-state index >= 15 is 0 Å². The van der Waals surface area contributed by atoms with Crippen molar-refractivity contribution in [1.29, 1.82) is 0 Å². The van der Waals surface area contributed by atoms with Crippen LogP contribution in [-0.2, 0) is 0 Å². The zero-order valence-electron chi connectivity index (χ0n) is 9.94. The second-order valence-corrected chi connectivity index (χ2v) is 4.92. The Kier molecular flexibility index (Phi) is 3.56. The van der Waals surface area contributed by atoms with Crippen molar-refractivity contribution in [1.82, 2.24) is 15.5 Å². The lowest BCUT2D eigenvalue weighted by molar-refractivity contribution is 0.331. The summed E-state index contributed by atoms with van der Waals surface area (Å²) in [7, 11) is 0. The summed E-state index contributed by atoms with van der Waals surface area (Å²) >= 11 is 0. The lowest BCUT2D eigenvalue weighted by atomic mass is 10.0. The minimum Gasteiger partial charge on any atom is -0.338 e. The first kappa shape index (κ1) is 11.5. The fourth-order valence-electron chi connectivity index (χ4n) is 2.05. The molecule has 0 saturated carbocycles. The highest BCUT2D eigenvalue weighted by Crippen LogP contribution is 2.22. The van der Waals surface area contributed by atoms with Crippen molar-refractivity contribution in [3.63, 3.8) is 0 Å². The van der Waals surface area contributed by atoms with Gasteiger partial charge in [-0.1, -0.05) is 19.0 Å². The molecule has 5 heteroatoms. The maximum absolute atomic E-state index is 6.00. The van der Waals surface area contributed by atoms with Crippen molar-refractivity contribution in [2.45, 2.75) is 38.6 Å². The highest BCUT2D eigenvalue weighted by Gasteiger charge is 2.23. The van der Waals surface area contributed by atoms with Gasteiger partial charge in [-0.05, 0) is 25.3 Å². The molecule has 2 unspecified atom stereocenters. The summed E-state index contributed by atoms with van der Waals surface area (Å²) in [5.74, 6) is 2.32. The molecule has 0 aromatic carbocycles. The Morgan fingerprint density at radius 1 is 1.56 bits per heavy atom. The Morgan fingerprint density at radius 3 is 3.00 bits per heavy atom. The van der Waals surface area contributed by atoms with E-state index in [1.54, 1.807) is 0 Å². The second-order valence-electron chi connectivity index (χ2n) is 4.92. The molecular weight excluding hydrogens is 204 g/mol. The van der Waals surface area contributed by atoms with Crippen LogP contribution in [0, 0.1) is 5.92 Å². The van der Waals surface area contributed by atoms with Crippen LogP contribution in [0.4, 0.5) is 0 Å². The highest BCUT2D eigenvalue weighted by atomic mass is 16.5. The smallest absolute Gasteiger partial charge is 0.243 e. The van der Waals surface area contributed by atoms with Crippen LogP contribution in [-0.4, -0.2) is 23.2 Å². The van der Waals surface area contributed by atoms with E-state index in [0.717, 1.165) is 31.8 Å². The number of nitrogens with one attached hydrogen (secondary N) is 1. The molecule has 1 aromatic rings. The quantitative estimate of drug-likeness (QED) is 0.803. The summed E-state index contributed by atoms with van der Waals surface area (Å²) in [6, 6.07) is -0.129. The summed E-state index contributed by atoms with van der Waals surface area (Å²) in [6.45, 7) is 6.25. The van der Waals surface area contributed by atoms with Gasteiger partial charge in [0.15, 0.2) is 5.82 Å². The predicted octanol–water partition coefficient (Wildman–Crippen LogP) is 1.19. The molecule has 1 aliphatic heterocycles. The Balaban J connectivity index is 2.00. The number of hydrogen-bond acceptors (Lipinski definition) is 5. The van der Waals surface area contributed by atoms with Crippen LogP contribution in [0.2, 0.25) is 0 Å². The topological polar surface area (TPSA) is 77.0 Å². The summed E-state index contributed by atoms with van der Waals surface area (Å²) < 4.78 is 5.23. The van der Waals surface area contributed by atoms with Crippen LogP contribution in [0.5, 0.6) is 0 Å². The second kappa shape index (κ2) is 4.93. The first-order valence-electron chi connectivity index (χ1n) is 5.96. The van der Waals surface area contributed by atoms with Gasteiger partial charge in [-0.2, -0.15) is 4.98 Å². The number of aromatic nitrogens is 2. The van der Waals surface area contributed by atoms with E-state index in [0.29, 0.717) is 17.7 Å². The Hall–Kier alpha value is -0.940. The largest absolute Gasteiger partial charge is 0.338 e. The maximum atomic E-state index is 6.00. The number of hydrogen-bond donors (Lipinski definition) is 2. The van der Waals surface area contributed by atoms with Crippen LogP contribution in [0.25, 0.3) is 0 Å². The standard InChI is InChI=1S/C11H20N4O/c1-7(2)5-9(12)11-14-10(15-16-11)8-3-4-13-6-8/h7-9,13H,3-6,12H2,1-2H3. The molecule has 1 saturated heterocycles. The lowest BCUT2D eigenvalue weighted by Gasteiger charge is -2.08. The number of rotatable bonds is 4. The average molecular weight is 224 g/mol. The molecule has 2 atom stereocenters. The van der Waals surface area contributed by atoms with E-state index in [1.165, 1.54) is 0 Å². The molecule has 0 radical (unpaired) electrons. The Morgan fingerprint density at radius 2 is 2.38 bits per heavy atom. The molecule has 16 heavy (non-hydrogen) atoms. The Bertz CT molecular complexity index is 330. The van der Waals surface area contributed by atoms with E-state index in [2.05, 4.69) is 29.3 Å². The minimum absolute atomic E-state index is 0.129. The first-order chi connectivity index (χ1) is 7.66. The third-order valence-corrected chi connectivity index (χ3v) is 2.93. The highest BCUT2D eigenvalue weighted by molar-refractivity contribution is 5.01. The van der Waals surface area contributed by atoms with Crippen molar-refractivity contribution < 1.29 is 4.52 Å². The summed E-state index contributed by atoms with van der Waals surface area (Å²) in [4.78, 5) is 4.40. The van der Waals surface area contributed by atoms with Gasteiger partial charge in [-0.25, -0.2) is 0 Å². The van der Waals surface area contributed by atoms with Crippen LogP contribution in [0.15, 0.2) is 4.52 Å². The third-order valence-electron chi connectivity index (χ3n) is 2.93. The van der Waals surface area contributed by atoms with Gasteiger partial charge in [-0.3, -0.25) is 0 Å². The Labute approximate surface area is 95.8 Å². The molecule has 0 bridgehead atoms. The molecule has 5 nitrogen and oxygen atoms in total. The number of nitrogens with zero attached hydrogens (tertiary/aromatic N) is 2. The zero-order valence-corrected chi connectivity index (χ0v) is 9.94. The van der Waals surface area contributed by atoms with E-state index in [-0.39, 0.29) is 6.04 Å². The van der Waals surface area contributed by atoms with Crippen molar-refractivity contribution >= 4 is 0 Å². The molecule has 90 valence electrons. The van der Waals surface area contributed by atoms with Gasteiger partial charge in [0.1, 0.15) is 0 Å². The number of nitrogens with two attached hydrogens (primary N) is 1. The average Bonchev–Trinajstić information content (AvgIpc) is 2.87. The lowest BCUT2D eigenvalue weighted by Crippen LogP contribution is -2.14. The molecule has 3 N–H and O–H groups in total. The van der Waals surface area contributed by atoms with Gasteiger partial charge >= 0.3 is 0 Å². The van der Waals surface area contributed by atoms with Gasteiger partial charge in [0.2, 0.25) is 5.89 Å². The van der Waals surface area contributed by atoms with Crippen molar-refractivity contribution in [3.8, 4) is 0 Å². The SMILES string of the molecule is CC(C)CC(N)c1nc(C2CCNC2)no1. The third kappa shape index (κ3) is 2.59. The zero-order chi connectivity index (χ0) is 11.5. The van der Waals surface area contributed by atoms with Gasteiger partial charge in [0.25, 0.3) is 0 Å². The predicted molar refractivity (Wildman–Crippen MR) is 60.9 cm³/mol. The fourth-order valence-corrected chi connectivity index (χ4v) is 2.05. The normalized spacial score (nSPS) is 22.9. The summed E-state index contributed by atoms with van der Waals surface area (Å²) in [6.07, 6.45) is 1.96. The van der Waals surface area contributed by atoms with Crippen molar-refractivity contribution in [2.24, 2.45) is 11.7 Å². The molecule has 1 aliphatic rings. The van der Waals surface area contributed by atoms with Gasteiger partial charge in [0.05, 0.1) is 6.04 Å². The van der Waals surface area contributed by atoms with Crippen molar-refractivity contribution in [3.05, 3.63) is 11.7 Å². The summed E-state index contributed by atoms with van der Waals surface area (Å²) in [5.41, 5.74) is 6.00. The molecule has 2 rings (SSSR count). The van der Waals surface area contributed by atoms with E-state index in [4.69, 9.17) is 10.3 Å². The van der Waals surface area contributed by atoms with Crippen molar-refractivity contribution in [2.75, 3.05) is 13.1 Å². The monoisotopic (exact) mass is 224 g/mol. The molecule has 0 spiro atoms. The first-order valence-corrected chi connectivity index (χ1v) is 5.96. The maximum Gasteiger partial charge on any atom is 0.243 e. The van der Waals surface area contributed by atoms with Crippen LogP contribution in [0.3, 0.4) is 0 Å².